The van der Waals surface area contributed by atoms with Gasteiger partial charge in [0, 0.05) is 65.3 Å². The summed E-state index contributed by atoms with van der Waals surface area (Å²) >= 11 is 0. The molecule has 1 aromatic rings. The second-order valence-electron chi connectivity index (χ2n) is 6.88. The van der Waals surface area contributed by atoms with Gasteiger partial charge in [0.25, 0.3) is 10.2 Å². The first-order chi connectivity index (χ1) is 11.8. The van der Waals surface area contributed by atoms with Gasteiger partial charge < -0.3 is 4.90 Å². The molecule has 2 heterocycles. The Bertz CT molecular complexity index is 633. The van der Waals surface area contributed by atoms with Crippen LogP contribution >= 0.6 is 0 Å². The number of nitrogens with one attached hydrogen (secondary N) is 1. The topological polar surface area (TPSA) is 81.7 Å². The first-order valence-electron chi connectivity index (χ1n) is 8.69. The van der Waals surface area contributed by atoms with Gasteiger partial charge in [-0.15, -0.1) is 0 Å². The lowest BCUT2D eigenvalue weighted by atomic mass is 9.99. The van der Waals surface area contributed by atoms with Gasteiger partial charge in [-0.1, -0.05) is 6.42 Å². The zero-order chi connectivity index (χ0) is 18.4. The highest BCUT2D eigenvalue weighted by Gasteiger charge is 2.23. The molecule has 1 aliphatic rings. The maximum absolute atomic E-state index is 11.8. The smallest absolute Gasteiger partial charge is 0.278 e. The van der Waals surface area contributed by atoms with Crippen molar-refractivity contribution in [3.05, 3.63) is 18.0 Å². The van der Waals surface area contributed by atoms with Crippen LogP contribution in [0.3, 0.4) is 0 Å². The molecule has 8 nitrogen and oxygen atoms in total. The largest absolute Gasteiger partial charge is 0.347 e. The monoisotopic (exact) mass is 370 g/mol. The van der Waals surface area contributed by atoms with E-state index in [-0.39, 0.29) is 0 Å². The van der Waals surface area contributed by atoms with E-state index in [1.54, 1.807) is 0 Å². The van der Waals surface area contributed by atoms with Crippen LogP contribution in [-0.4, -0.2) is 74.9 Å². The molecule has 142 valence electrons. The fraction of sp³-hybridized carbons (Fsp3) is 0.750. The third kappa shape index (κ3) is 5.88. The predicted molar refractivity (Wildman–Crippen MR) is 99.6 cm³/mol. The fourth-order valence-corrected chi connectivity index (χ4v) is 3.61. The summed E-state index contributed by atoms with van der Waals surface area (Å²) in [5, 5.41) is 0. The number of likely N-dealkylation sites (tertiary alicyclic amines) is 1. The predicted octanol–water partition coefficient (Wildman–Crippen LogP) is 0.683. The Morgan fingerprint density at radius 3 is 2.48 bits per heavy atom. The van der Waals surface area contributed by atoms with E-state index in [0.717, 1.165) is 31.5 Å². The summed E-state index contributed by atoms with van der Waals surface area (Å²) in [5.74, 6) is 0.706. The lowest BCUT2D eigenvalue weighted by Gasteiger charge is -2.35. The maximum Gasteiger partial charge on any atom is 0.278 e. The van der Waals surface area contributed by atoms with Crippen LogP contribution in [0.4, 0.5) is 5.95 Å². The van der Waals surface area contributed by atoms with Crippen LogP contribution in [-0.2, 0) is 16.8 Å². The SMILES string of the molecule is CN(C)c1ncc(CN2CCCC[C@H]2CCNS(=O)(=O)N(C)C)cn1. The van der Waals surface area contributed by atoms with E-state index in [9.17, 15) is 8.42 Å². The molecule has 1 aliphatic heterocycles. The molecule has 0 spiro atoms. The summed E-state index contributed by atoms with van der Waals surface area (Å²) in [4.78, 5) is 13.0. The van der Waals surface area contributed by atoms with Crippen molar-refractivity contribution in [1.82, 2.24) is 23.9 Å². The molecule has 25 heavy (non-hydrogen) atoms. The molecule has 1 fully saturated rings. The Morgan fingerprint density at radius 2 is 1.88 bits per heavy atom. The van der Waals surface area contributed by atoms with Crippen molar-refractivity contribution in [1.29, 1.82) is 0 Å². The first kappa shape index (κ1) is 20.0. The number of aromatic nitrogens is 2. The third-order valence-corrected chi connectivity index (χ3v) is 6.00. The van der Waals surface area contributed by atoms with Crippen molar-refractivity contribution in [3.8, 4) is 0 Å². The summed E-state index contributed by atoms with van der Waals surface area (Å²) < 4.78 is 27.5. The van der Waals surface area contributed by atoms with Gasteiger partial charge in [0.2, 0.25) is 5.95 Å². The number of hydrogen-bond acceptors (Lipinski definition) is 6. The molecule has 1 aromatic heterocycles. The summed E-state index contributed by atoms with van der Waals surface area (Å²) in [6.45, 7) is 2.29. The lowest BCUT2D eigenvalue weighted by Crippen LogP contribution is -2.42. The quantitative estimate of drug-likeness (QED) is 0.725. The minimum Gasteiger partial charge on any atom is -0.347 e. The molecule has 0 bridgehead atoms. The molecule has 1 atom stereocenters. The van der Waals surface area contributed by atoms with E-state index < -0.39 is 10.2 Å². The standard InChI is InChI=1S/C16H30N6O2S/c1-20(2)16-17-11-14(12-18-16)13-22-10-6-5-7-15(22)8-9-19-25(23,24)21(3)4/h11-12,15,19H,5-10,13H2,1-4H3/t15-/m0/s1. The Labute approximate surface area is 151 Å². The zero-order valence-electron chi connectivity index (χ0n) is 15.6. The maximum atomic E-state index is 11.8. The Balaban J connectivity index is 1.91. The van der Waals surface area contributed by atoms with Crippen molar-refractivity contribution < 1.29 is 8.42 Å². The minimum atomic E-state index is -3.35. The molecule has 0 amide bonds. The van der Waals surface area contributed by atoms with E-state index in [1.165, 1.54) is 31.2 Å². The highest BCUT2D eigenvalue weighted by Crippen LogP contribution is 2.21. The molecular weight excluding hydrogens is 340 g/mol. The molecular formula is C16H30N6O2S. The van der Waals surface area contributed by atoms with Crippen LogP contribution in [0.25, 0.3) is 0 Å². The Hall–Kier alpha value is -1.29. The van der Waals surface area contributed by atoms with Gasteiger partial charge in [0.1, 0.15) is 0 Å². The van der Waals surface area contributed by atoms with Crippen molar-refractivity contribution in [2.75, 3.05) is 46.2 Å². The van der Waals surface area contributed by atoms with Gasteiger partial charge in [0.05, 0.1) is 0 Å². The van der Waals surface area contributed by atoms with E-state index >= 15 is 0 Å². The van der Waals surface area contributed by atoms with Crippen LogP contribution < -0.4 is 9.62 Å². The Kier molecular flexibility index (Phi) is 7.12. The molecule has 2 rings (SSSR count). The minimum absolute atomic E-state index is 0.382. The molecule has 0 unspecified atom stereocenters. The van der Waals surface area contributed by atoms with E-state index in [2.05, 4.69) is 19.6 Å². The van der Waals surface area contributed by atoms with Gasteiger partial charge >= 0.3 is 0 Å². The molecule has 9 heteroatoms. The summed E-state index contributed by atoms with van der Waals surface area (Å²) in [6.07, 6.45) is 8.03. The highest BCUT2D eigenvalue weighted by atomic mass is 32.2. The summed E-state index contributed by atoms with van der Waals surface area (Å²) in [6, 6.07) is 0.382. The van der Waals surface area contributed by atoms with Gasteiger partial charge in [-0.3, -0.25) is 4.90 Å². The average molecular weight is 371 g/mol. The zero-order valence-corrected chi connectivity index (χ0v) is 16.5. The second-order valence-corrected chi connectivity index (χ2v) is 8.85. The highest BCUT2D eigenvalue weighted by molar-refractivity contribution is 7.87. The van der Waals surface area contributed by atoms with Crippen LogP contribution in [0, 0.1) is 0 Å². The molecule has 0 saturated carbocycles. The number of hydrogen-bond donors (Lipinski definition) is 1. The third-order valence-electron chi connectivity index (χ3n) is 4.47. The molecule has 0 aliphatic carbocycles. The molecule has 0 radical (unpaired) electrons. The van der Waals surface area contributed by atoms with Gasteiger partial charge in [-0.25, -0.2) is 14.7 Å². The van der Waals surface area contributed by atoms with Crippen LogP contribution in [0.5, 0.6) is 0 Å². The van der Waals surface area contributed by atoms with Crippen molar-refractivity contribution in [2.24, 2.45) is 0 Å². The van der Waals surface area contributed by atoms with Crippen molar-refractivity contribution in [3.63, 3.8) is 0 Å². The molecule has 1 saturated heterocycles. The van der Waals surface area contributed by atoms with Crippen molar-refractivity contribution >= 4 is 16.2 Å². The summed E-state index contributed by atoms with van der Waals surface area (Å²) in [5.41, 5.74) is 1.09. The Morgan fingerprint density at radius 1 is 1.20 bits per heavy atom. The van der Waals surface area contributed by atoms with Crippen molar-refractivity contribution in [2.45, 2.75) is 38.3 Å². The van der Waals surface area contributed by atoms with Gasteiger partial charge in [-0.05, 0) is 25.8 Å². The van der Waals surface area contributed by atoms with E-state index in [4.69, 9.17) is 0 Å². The molecule has 0 aromatic carbocycles. The second kappa shape index (κ2) is 8.88. The number of anilines is 1. The number of nitrogens with zero attached hydrogens (tertiary/aromatic N) is 5. The lowest BCUT2D eigenvalue weighted by molar-refractivity contribution is 0.133. The van der Waals surface area contributed by atoms with Crippen LogP contribution in [0.15, 0.2) is 12.4 Å². The van der Waals surface area contributed by atoms with Crippen LogP contribution in [0.1, 0.15) is 31.2 Å². The average Bonchev–Trinajstić information content (AvgIpc) is 2.56. The van der Waals surface area contributed by atoms with Crippen LogP contribution in [0.2, 0.25) is 0 Å². The number of rotatable bonds is 8. The van der Waals surface area contributed by atoms with E-state index in [1.807, 2.05) is 31.4 Å². The molecule has 1 N–H and O–H groups in total. The fourth-order valence-electron chi connectivity index (χ4n) is 2.97. The van der Waals surface area contributed by atoms with Gasteiger partial charge in [0.15, 0.2) is 0 Å². The van der Waals surface area contributed by atoms with E-state index in [0.29, 0.717) is 18.5 Å². The van der Waals surface area contributed by atoms with Gasteiger partial charge in [-0.2, -0.15) is 12.7 Å². The normalized spacial score (nSPS) is 19.3. The first-order valence-corrected chi connectivity index (χ1v) is 10.1. The number of piperidine rings is 1. The summed E-state index contributed by atoms with van der Waals surface area (Å²) in [7, 11) is 3.56.